The summed E-state index contributed by atoms with van der Waals surface area (Å²) in [4.78, 5) is 0. The van der Waals surface area contributed by atoms with Crippen LogP contribution in [0.1, 0.15) is 12.0 Å². The molecule has 3 rings (SSSR count). The van der Waals surface area contributed by atoms with E-state index in [9.17, 15) is 4.39 Å². The molecule has 0 amide bonds. The van der Waals surface area contributed by atoms with Crippen molar-refractivity contribution < 1.29 is 9.13 Å². The SMILES string of the molecule is N#Cc1cc(F)cc(NC2C(N)C3CCOC32)c1. The van der Waals surface area contributed by atoms with Crippen molar-refractivity contribution in [1.82, 2.24) is 0 Å². The Morgan fingerprint density at radius 3 is 3.06 bits per heavy atom. The zero-order valence-electron chi connectivity index (χ0n) is 9.77. The molecule has 2 aliphatic rings. The highest BCUT2D eigenvalue weighted by Gasteiger charge is 2.52. The van der Waals surface area contributed by atoms with Gasteiger partial charge in [-0.15, -0.1) is 0 Å². The molecule has 0 bridgehead atoms. The second-order valence-electron chi connectivity index (χ2n) is 4.88. The van der Waals surface area contributed by atoms with Crippen LogP contribution in [0, 0.1) is 23.1 Å². The van der Waals surface area contributed by atoms with Crippen molar-refractivity contribution in [2.45, 2.75) is 24.6 Å². The van der Waals surface area contributed by atoms with E-state index in [-0.39, 0.29) is 18.2 Å². The molecule has 0 spiro atoms. The number of benzene rings is 1. The Labute approximate surface area is 105 Å². The van der Waals surface area contributed by atoms with Gasteiger partial charge in [0.05, 0.1) is 23.8 Å². The average Bonchev–Trinajstić information content (AvgIpc) is 2.80. The smallest absolute Gasteiger partial charge is 0.126 e. The van der Waals surface area contributed by atoms with Crippen LogP contribution in [0.3, 0.4) is 0 Å². The molecule has 1 saturated carbocycles. The van der Waals surface area contributed by atoms with E-state index in [0.717, 1.165) is 13.0 Å². The second kappa shape index (κ2) is 4.23. The first-order valence-electron chi connectivity index (χ1n) is 6.03. The van der Waals surface area contributed by atoms with Crippen LogP contribution in [-0.4, -0.2) is 24.8 Å². The summed E-state index contributed by atoms with van der Waals surface area (Å²) in [6, 6.07) is 6.17. The van der Waals surface area contributed by atoms with E-state index < -0.39 is 5.82 Å². The molecule has 0 aromatic heterocycles. The highest BCUT2D eigenvalue weighted by molar-refractivity contribution is 5.51. The van der Waals surface area contributed by atoms with E-state index in [0.29, 0.717) is 17.2 Å². The number of nitrogens with two attached hydrogens (primary N) is 1. The third kappa shape index (κ3) is 1.74. The summed E-state index contributed by atoms with van der Waals surface area (Å²) in [7, 11) is 0. The number of nitrogens with zero attached hydrogens (tertiary/aromatic N) is 1. The topological polar surface area (TPSA) is 71.1 Å². The molecule has 1 aromatic carbocycles. The van der Waals surface area contributed by atoms with Gasteiger partial charge in [0.15, 0.2) is 0 Å². The summed E-state index contributed by atoms with van der Waals surface area (Å²) < 4.78 is 18.9. The van der Waals surface area contributed by atoms with E-state index in [4.69, 9.17) is 15.7 Å². The van der Waals surface area contributed by atoms with Crippen molar-refractivity contribution in [2.24, 2.45) is 11.7 Å². The lowest BCUT2D eigenvalue weighted by atomic mass is 9.72. The zero-order chi connectivity index (χ0) is 12.7. The van der Waals surface area contributed by atoms with Gasteiger partial charge in [-0.1, -0.05) is 0 Å². The van der Waals surface area contributed by atoms with Crippen molar-refractivity contribution in [2.75, 3.05) is 11.9 Å². The number of ether oxygens (including phenoxy) is 1. The van der Waals surface area contributed by atoms with Crippen LogP contribution in [0.4, 0.5) is 10.1 Å². The number of rotatable bonds is 2. The van der Waals surface area contributed by atoms with Gasteiger partial charge >= 0.3 is 0 Å². The Kier molecular flexibility index (Phi) is 2.69. The molecule has 1 heterocycles. The molecule has 18 heavy (non-hydrogen) atoms. The Morgan fingerprint density at radius 1 is 1.44 bits per heavy atom. The lowest BCUT2D eigenvalue weighted by Crippen LogP contribution is -2.65. The van der Waals surface area contributed by atoms with Crippen LogP contribution in [0.15, 0.2) is 18.2 Å². The van der Waals surface area contributed by atoms with Gasteiger partial charge in [0.1, 0.15) is 5.82 Å². The van der Waals surface area contributed by atoms with Crippen LogP contribution in [0.2, 0.25) is 0 Å². The first-order chi connectivity index (χ1) is 8.69. The van der Waals surface area contributed by atoms with E-state index in [1.54, 1.807) is 6.07 Å². The van der Waals surface area contributed by atoms with Gasteiger partial charge in [-0.3, -0.25) is 0 Å². The third-order valence-corrected chi connectivity index (χ3v) is 3.81. The van der Waals surface area contributed by atoms with Crippen LogP contribution >= 0.6 is 0 Å². The van der Waals surface area contributed by atoms with Gasteiger partial charge in [-0.05, 0) is 24.6 Å². The Balaban J connectivity index is 1.77. The zero-order valence-corrected chi connectivity index (χ0v) is 9.77. The Hall–Kier alpha value is -1.64. The van der Waals surface area contributed by atoms with Gasteiger partial charge < -0.3 is 15.8 Å². The van der Waals surface area contributed by atoms with E-state index in [2.05, 4.69) is 5.32 Å². The monoisotopic (exact) mass is 247 g/mol. The van der Waals surface area contributed by atoms with Gasteiger partial charge in [0.2, 0.25) is 0 Å². The Bertz CT molecular complexity index is 513. The number of fused-ring (bicyclic) bond motifs is 1. The molecule has 1 aromatic rings. The predicted octanol–water partition coefficient (Wildman–Crippen LogP) is 1.22. The van der Waals surface area contributed by atoms with Gasteiger partial charge in [0.25, 0.3) is 0 Å². The molecule has 3 N–H and O–H groups in total. The second-order valence-corrected chi connectivity index (χ2v) is 4.88. The van der Waals surface area contributed by atoms with Crippen molar-refractivity contribution >= 4 is 5.69 Å². The summed E-state index contributed by atoms with van der Waals surface area (Å²) in [5, 5.41) is 12.0. The normalized spacial score (nSPS) is 33.4. The molecule has 1 aliphatic carbocycles. The van der Waals surface area contributed by atoms with Crippen molar-refractivity contribution in [3.05, 3.63) is 29.6 Å². The predicted molar refractivity (Wildman–Crippen MR) is 64.3 cm³/mol. The summed E-state index contributed by atoms with van der Waals surface area (Å²) >= 11 is 0. The molecule has 94 valence electrons. The fourth-order valence-corrected chi connectivity index (χ4v) is 2.86. The summed E-state index contributed by atoms with van der Waals surface area (Å²) in [6.45, 7) is 0.744. The van der Waals surface area contributed by atoms with E-state index in [1.165, 1.54) is 12.1 Å². The molecule has 4 unspecified atom stereocenters. The van der Waals surface area contributed by atoms with Crippen molar-refractivity contribution in [3.8, 4) is 6.07 Å². The van der Waals surface area contributed by atoms with Gasteiger partial charge in [-0.25, -0.2) is 4.39 Å². The fraction of sp³-hybridized carbons (Fsp3) is 0.462. The highest BCUT2D eigenvalue weighted by Crippen LogP contribution is 2.39. The van der Waals surface area contributed by atoms with Crippen LogP contribution < -0.4 is 11.1 Å². The fourth-order valence-electron chi connectivity index (χ4n) is 2.86. The molecule has 4 nitrogen and oxygen atoms in total. The maximum absolute atomic E-state index is 13.3. The molecular formula is C13H14FN3O. The Morgan fingerprint density at radius 2 is 2.28 bits per heavy atom. The minimum atomic E-state index is -0.423. The van der Waals surface area contributed by atoms with Crippen molar-refractivity contribution in [3.63, 3.8) is 0 Å². The molecular weight excluding hydrogens is 233 g/mol. The number of nitrogens with one attached hydrogen (secondary N) is 1. The van der Waals surface area contributed by atoms with Crippen molar-refractivity contribution in [1.29, 1.82) is 5.26 Å². The first-order valence-corrected chi connectivity index (χ1v) is 6.03. The van der Waals surface area contributed by atoms with E-state index >= 15 is 0 Å². The molecule has 5 heteroatoms. The summed E-state index contributed by atoms with van der Waals surface area (Å²) in [6.07, 6.45) is 1.12. The first kappa shape index (κ1) is 11.5. The minimum absolute atomic E-state index is 0.00541. The average molecular weight is 247 g/mol. The maximum Gasteiger partial charge on any atom is 0.126 e. The maximum atomic E-state index is 13.3. The molecule has 2 fully saturated rings. The largest absolute Gasteiger partial charge is 0.378 e. The quantitative estimate of drug-likeness (QED) is 0.824. The molecule has 1 saturated heterocycles. The van der Waals surface area contributed by atoms with E-state index in [1.807, 2.05) is 6.07 Å². The van der Waals surface area contributed by atoms with Crippen LogP contribution in [0.25, 0.3) is 0 Å². The van der Waals surface area contributed by atoms with Crippen LogP contribution in [-0.2, 0) is 4.74 Å². The number of anilines is 1. The lowest BCUT2D eigenvalue weighted by molar-refractivity contribution is 0.00537. The lowest BCUT2D eigenvalue weighted by Gasteiger charge is -2.46. The minimum Gasteiger partial charge on any atom is -0.378 e. The number of nitriles is 1. The number of hydrogen-bond donors (Lipinski definition) is 2. The third-order valence-electron chi connectivity index (χ3n) is 3.81. The number of hydrogen-bond acceptors (Lipinski definition) is 4. The summed E-state index contributed by atoms with van der Waals surface area (Å²) in [5.74, 6) is -0.0140. The number of halogens is 1. The summed E-state index contributed by atoms with van der Waals surface area (Å²) in [5.41, 5.74) is 6.95. The van der Waals surface area contributed by atoms with Gasteiger partial charge in [0, 0.05) is 24.3 Å². The molecule has 1 aliphatic heterocycles. The molecule has 0 radical (unpaired) electrons. The van der Waals surface area contributed by atoms with Crippen LogP contribution in [0.5, 0.6) is 0 Å². The molecule has 4 atom stereocenters. The standard InChI is InChI=1S/C13H14FN3O/c14-8-3-7(6-15)4-9(5-8)17-12-11(16)10-1-2-18-13(10)12/h3-5,10-13,17H,1-2,16H2. The highest BCUT2D eigenvalue weighted by atomic mass is 19.1. The van der Waals surface area contributed by atoms with Gasteiger partial charge in [-0.2, -0.15) is 5.26 Å².